The van der Waals surface area contributed by atoms with Gasteiger partial charge in [0.1, 0.15) is 5.71 Å². The number of rotatable bonds is 2. The highest BCUT2D eigenvalue weighted by Crippen LogP contribution is 2.36. The molecule has 1 aliphatic carbocycles. The third kappa shape index (κ3) is 2.13. The number of fused-ring (bicyclic) bond motifs is 3. The Morgan fingerprint density at radius 3 is 1.95 bits per heavy atom. The van der Waals surface area contributed by atoms with Crippen molar-refractivity contribution in [1.29, 1.82) is 0 Å². The first-order valence-corrected chi connectivity index (χ1v) is 7.14. The van der Waals surface area contributed by atoms with Gasteiger partial charge in [-0.25, -0.2) is 0 Å². The molecular weight excluding hydrogens is 270 g/mol. The molecule has 0 atom stereocenters. The second-order valence-corrected chi connectivity index (χ2v) is 5.07. The summed E-state index contributed by atoms with van der Waals surface area (Å²) < 4.78 is 0. The van der Waals surface area contributed by atoms with Gasteiger partial charge in [0, 0.05) is 29.1 Å². The van der Waals surface area contributed by atoms with Crippen LogP contribution in [0, 0.1) is 0 Å². The molecule has 0 amide bonds. The highest BCUT2D eigenvalue weighted by Gasteiger charge is 2.23. The van der Waals surface area contributed by atoms with E-state index in [1.54, 1.807) is 18.6 Å². The highest BCUT2D eigenvalue weighted by atomic mass is 15.2. The number of pyridine rings is 1. The van der Waals surface area contributed by atoms with Crippen LogP contribution in [-0.2, 0) is 0 Å². The Labute approximate surface area is 128 Å². The fourth-order valence-electron chi connectivity index (χ4n) is 2.71. The Kier molecular flexibility index (Phi) is 3.09. The third-order valence-electron chi connectivity index (χ3n) is 3.70. The average molecular weight is 283 g/mol. The zero-order valence-corrected chi connectivity index (χ0v) is 11.8. The molecular formula is C19H13N3. The molecule has 2 aromatic carbocycles. The van der Waals surface area contributed by atoms with Crippen molar-refractivity contribution in [2.24, 2.45) is 10.2 Å². The summed E-state index contributed by atoms with van der Waals surface area (Å²) in [6.07, 6.45) is 5.23. The van der Waals surface area contributed by atoms with Crippen molar-refractivity contribution in [3.63, 3.8) is 0 Å². The van der Waals surface area contributed by atoms with Crippen molar-refractivity contribution >= 4 is 11.9 Å². The van der Waals surface area contributed by atoms with Crippen molar-refractivity contribution in [2.45, 2.75) is 0 Å². The van der Waals surface area contributed by atoms with E-state index in [-0.39, 0.29) is 0 Å². The van der Waals surface area contributed by atoms with Crippen LogP contribution in [0.1, 0.15) is 16.7 Å². The Hall–Kier alpha value is -3.07. The van der Waals surface area contributed by atoms with Gasteiger partial charge in [-0.15, -0.1) is 5.10 Å². The molecule has 1 aliphatic rings. The molecule has 4 rings (SSSR count). The standard InChI is InChI=1S/C19H13N3/c1-3-9-17-15(7-1)16-8-2-4-10-18(16)19(17)22-21-13-14-6-5-11-20-12-14/h1-13H/b21-13+. The van der Waals surface area contributed by atoms with Gasteiger partial charge in [-0.2, -0.15) is 5.10 Å². The topological polar surface area (TPSA) is 37.6 Å². The van der Waals surface area contributed by atoms with Crippen LogP contribution in [0.15, 0.2) is 83.3 Å². The van der Waals surface area contributed by atoms with Crippen molar-refractivity contribution in [3.8, 4) is 11.1 Å². The van der Waals surface area contributed by atoms with Gasteiger partial charge in [-0.1, -0.05) is 54.6 Å². The number of nitrogens with zero attached hydrogens (tertiary/aromatic N) is 3. The molecule has 0 unspecified atom stereocenters. The molecule has 3 aromatic rings. The van der Waals surface area contributed by atoms with Gasteiger partial charge < -0.3 is 0 Å². The van der Waals surface area contributed by atoms with Crippen LogP contribution in [0.5, 0.6) is 0 Å². The van der Waals surface area contributed by atoms with Crippen LogP contribution < -0.4 is 0 Å². The Bertz CT molecular complexity index is 832. The van der Waals surface area contributed by atoms with Crippen LogP contribution in [-0.4, -0.2) is 16.9 Å². The lowest BCUT2D eigenvalue weighted by Crippen LogP contribution is -1.97. The highest BCUT2D eigenvalue weighted by molar-refractivity contribution is 6.24. The fourth-order valence-corrected chi connectivity index (χ4v) is 2.71. The second-order valence-electron chi connectivity index (χ2n) is 5.07. The van der Waals surface area contributed by atoms with E-state index in [0.717, 1.165) is 22.4 Å². The zero-order valence-electron chi connectivity index (χ0n) is 11.8. The van der Waals surface area contributed by atoms with Gasteiger partial charge in [0.2, 0.25) is 0 Å². The van der Waals surface area contributed by atoms with E-state index in [0.29, 0.717) is 0 Å². The maximum atomic E-state index is 4.46. The van der Waals surface area contributed by atoms with Crippen molar-refractivity contribution in [1.82, 2.24) is 4.98 Å². The first-order chi connectivity index (χ1) is 10.9. The van der Waals surface area contributed by atoms with Gasteiger partial charge in [0.15, 0.2) is 0 Å². The Balaban J connectivity index is 1.78. The van der Waals surface area contributed by atoms with Crippen LogP contribution in [0.25, 0.3) is 11.1 Å². The number of benzene rings is 2. The van der Waals surface area contributed by atoms with Crippen LogP contribution >= 0.6 is 0 Å². The molecule has 0 spiro atoms. The minimum Gasteiger partial charge on any atom is -0.264 e. The molecule has 3 heteroatoms. The van der Waals surface area contributed by atoms with Crippen molar-refractivity contribution in [2.75, 3.05) is 0 Å². The minimum atomic E-state index is 0.923. The predicted octanol–water partition coefficient (Wildman–Crippen LogP) is 3.93. The van der Waals surface area contributed by atoms with Gasteiger partial charge in [-0.05, 0) is 17.2 Å². The average Bonchev–Trinajstić information content (AvgIpc) is 2.91. The molecule has 3 nitrogen and oxygen atoms in total. The molecule has 1 heterocycles. The number of hydrogen-bond donors (Lipinski definition) is 0. The SMILES string of the molecule is C(=N\N=C1c2ccccc2-c2ccccc21)/c1cccnc1. The fraction of sp³-hybridized carbons (Fsp3) is 0. The monoisotopic (exact) mass is 283 g/mol. The maximum absolute atomic E-state index is 4.46. The minimum absolute atomic E-state index is 0.923. The molecule has 0 saturated heterocycles. The Morgan fingerprint density at radius 1 is 0.727 bits per heavy atom. The molecule has 0 N–H and O–H groups in total. The van der Waals surface area contributed by atoms with E-state index in [9.17, 15) is 0 Å². The van der Waals surface area contributed by atoms with E-state index in [1.165, 1.54) is 11.1 Å². The Morgan fingerprint density at radius 2 is 1.36 bits per heavy atom. The third-order valence-corrected chi connectivity index (χ3v) is 3.70. The predicted molar refractivity (Wildman–Crippen MR) is 89.3 cm³/mol. The molecule has 22 heavy (non-hydrogen) atoms. The van der Waals surface area contributed by atoms with Gasteiger partial charge in [0.05, 0.1) is 6.21 Å². The van der Waals surface area contributed by atoms with E-state index in [1.807, 2.05) is 24.3 Å². The summed E-state index contributed by atoms with van der Waals surface area (Å²) in [7, 11) is 0. The lowest BCUT2D eigenvalue weighted by atomic mass is 10.1. The van der Waals surface area contributed by atoms with E-state index in [2.05, 4.69) is 51.6 Å². The van der Waals surface area contributed by atoms with Gasteiger partial charge >= 0.3 is 0 Å². The molecule has 104 valence electrons. The zero-order chi connectivity index (χ0) is 14.8. The largest absolute Gasteiger partial charge is 0.264 e. The van der Waals surface area contributed by atoms with Gasteiger partial charge in [0.25, 0.3) is 0 Å². The summed E-state index contributed by atoms with van der Waals surface area (Å²) in [4.78, 5) is 4.07. The van der Waals surface area contributed by atoms with E-state index in [4.69, 9.17) is 0 Å². The summed E-state index contributed by atoms with van der Waals surface area (Å²) in [6, 6.07) is 20.4. The molecule has 0 fully saturated rings. The maximum Gasteiger partial charge on any atom is 0.101 e. The van der Waals surface area contributed by atoms with Crippen LogP contribution in [0.4, 0.5) is 0 Å². The summed E-state index contributed by atoms with van der Waals surface area (Å²) in [5.74, 6) is 0. The molecule has 1 aromatic heterocycles. The van der Waals surface area contributed by atoms with E-state index >= 15 is 0 Å². The van der Waals surface area contributed by atoms with Crippen LogP contribution in [0.2, 0.25) is 0 Å². The van der Waals surface area contributed by atoms with Crippen molar-refractivity contribution < 1.29 is 0 Å². The summed E-state index contributed by atoms with van der Waals surface area (Å²) in [6.45, 7) is 0. The number of aromatic nitrogens is 1. The van der Waals surface area contributed by atoms with Gasteiger partial charge in [-0.3, -0.25) is 4.98 Å². The molecule has 0 aliphatic heterocycles. The van der Waals surface area contributed by atoms with Crippen LogP contribution in [0.3, 0.4) is 0 Å². The quantitative estimate of drug-likeness (QED) is 0.405. The summed E-state index contributed by atoms with van der Waals surface area (Å²) in [5, 5.41) is 8.70. The molecule has 0 bridgehead atoms. The molecule has 0 radical (unpaired) electrons. The first-order valence-electron chi connectivity index (χ1n) is 7.14. The van der Waals surface area contributed by atoms with Crippen molar-refractivity contribution in [3.05, 3.63) is 89.7 Å². The smallest absolute Gasteiger partial charge is 0.101 e. The lowest BCUT2D eigenvalue weighted by Gasteiger charge is -1.98. The molecule has 0 saturated carbocycles. The number of hydrogen-bond acceptors (Lipinski definition) is 3. The normalized spacial score (nSPS) is 12.3. The first kappa shape index (κ1) is 12.7. The summed E-state index contributed by atoms with van der Waals surface area (Å²) in [5.41, 5.74) is 6.55. The van der Waals surface area contributed by atoms with E-state index < -0.39 is 0 Å². The lowest BCUT2D eigenvalue weighted by molar-refractivity contribution is 1.24. The second kappa shape index (κ2) is 5.37. The summed E-state index contributed by atoms with van der Waals surface area (Å²) >= 11 is 0.